The lowest BCUT2D eigenvalue weighted by Crippen LogP contribution is -2.28. The van der Waals surface area contributed by atoms with Crippen LogP contribution in [0.4, 0.5) is 0 Å². The van der Waals surface area contributed by atoms with Crippen molar-refractivity contribution in [3.8, 4) is 5.75 Å². The largest absolute Gasteiger partial charge is 0.494 e. The van der Waals surface area contributed by atoms with E-state index in [0.717, 1.165) is 12.2 Å². The van der Waals surface area contributed by atoms with E-state index in [1.165, 1.54) is 4.90 Å². The van der Waals surface area contributed by atoms with E-state index in [9.17, 15) is 9.59 Å². The number of hydrogen-bond acceptors (Lipinski definition) is 3. The number of rotatable bonds is 8. The highest BCUT2D eigenvalue weighted by Gasteiger charge is 2.12. The molecule has 0 heterocycles. The van der Waals surface area contributed by atoms with E-state index in [-0.39, 0.29) is 18.9 Å². The van der Waals surface area contributed by atoms with Crippen molar-refractivity contribution in [1.29, 1.82) is 0 Å². The fourth-order valence-electron chi connectivity index (χ4n) is 1.69. The summed E-state index contributed by atoms with van der Waals surface area (Å²) in [7, 11) is 1.60. The molecule has 5 heteroatoms. The number of carboxylic acid groups (broad SMARTS) is 1. The molecule has 0 aliphatic carbocycles. The molecule has 0 radical (unpaired) electrons. The second-order valence-electron chi connectivity index (χ2n) is 5.43. The Morgan fingerprint density at radius 2 is 1.86 bits per heavy atom. The molecule has 0 bridgehead atoms. The van der Waals surface area contributed by atoms with Crippen LogP contribution in [0.25, 0.3) is 0 Å². The minimum Gasteiger partial charge on any atom is -0.494 e. The molecule has 0 saturated heterocycles. The van der Waals surface area contributed by atoms with Gasteiger partial charge in [0.05, 0.1) is 13.0 Å². The number of carbonyl (C=O) groups excluding carboxylic acids is 1. The topological polar surface area (TPSA) is 66.8 Å². The SMILES string of the molecule is CC(C)CCOc1ccc(C(=O)N(C)CCC(=O)O)cc1. The molecule has 1 aromatic rings. The van der Waals surface area contributed by atoms with Gasteiger partial charge in [0.15, 0.2) is 0 Å². The van der Waals surface area contributed by atoms with Crippen LogP contribution in [-0.2, 0) is 4.79 Å². The Bertz CT molecular complexity index is 468. The number of amides is 1. The van der Waals surface area contributed by atoms with Gasteiger partial charge in [-0.25, -0.2) is 0 Å². The minimum absolute atomic E-state index is 0.0569. The summed E-state index contributed by atoms with van der Waals surface area (Å²) in [4.78, 5) is 24.0. The summed E-state index contributed by atoms with van der Waals surface area (Å²) in [6.45, 7) is 5.13. The van der Waals surface area contributed by atoms with E-state index in [1.807, 2.05) is 0 Å². The number of ether oxygens (including phenoxy) is 1. The molecule has 1 aromatic carbocycles. The highest BCUT2D eigenvalue weighted by atomic mass is 16.5. The van der Waals surface area contributed by atoms with Crippen molar-refractivity contribution in [3.05, 3.63) is 29.8 Å². The normalized spacial score (nSPS) is 10.5. The summed E-state index contributed by atoms with van der Waals surface area (Å²) in [5.41, 5.74) is 0.527. The smallest absolute Gasteiger partial charge is 0.305 e. The third-order valence-corrected chi connectivity index (χ3v) is 3.07. The van der Waals surface area contributed by atoms with E-state index < -0.39 is 5.97 Å². The van der Waals surface area contributed by atoms with Crippen molar-refractivity contribution in [2.45, 2.75) is 26.7 Å². The molecular formula is C16H23NO4. The number of aliphatic carboxylic acids is 1. The van der Waals surface area contributed by atoms with Crippen molar-refractivity contribution in [2.24, 2.45) is 5.92 Å². The third kappa shape index (κ3) is 6.29. The predicted octanol–water partition coefficient (Wildman–Crippen LogP) is 2.66. The molecule has 0 aliphatic rings. The fourth-order valence-corrected chi connectivity index (χ4v) is 1.69. The van der Waals surface area contributed by atoms with Gasteiger partial charge >= 0.3 is 5.97 Å². The van der Waals surface area contributed by atoms with Gasteiger partial charge in [0.25, 0.3) is 5.91 Å². The number of hydrogen-bond donors (Lipinski definition) is 1. The van der Waals surface area contributed by atoms with Crippen LogP contribution in [0.2, 0.25) is 0 Å². The number of benzene rings is 1. The van der Waals surface area contributed by atoms with Crippen molar-refractivity contribution >= 4 is 11.9 Å². The van der Waals surface area contributed by atoms with Gasteiger partial charge in [0.2, 0.25) is 0 Å². The molecule has 0 saturated carbocycles. The molecule has 0 aromatic heterocycles. The van der Waals surface area contributed by atoms with Crippen molar-refractivity contribution in [3.63, 3.8) is 0 Å². The van der Waals surface area contributed by atoms with E-state index in [2.05, 4.69) is 13.8 Å². The van der Waals surface area contributed by atoms with E-state index >= 15 is 0 Å². The monoisotopic (exact) mass is 293 g/mol. The summed E-state index contributed by atoms with van der Waals surface area (Å²) >= 11 is 0. The molecule has 21 heavy (non-hydrogen) atoms. The molecule has 116 valence electrons. The second-order valence-corrected chi connectivity index (χ2v) is 5.43. The van der Waals surface area contributed by atoms with Gasteiger partial charge in [-0.05, 0) is 36.6 Å². The average molecular weight is 293 g/mol. The Morgan fingerprint density at radius 1 is 1.24 bits per heavy atom. The van der Waals surface area contributed by atoms with Crippen LogP contribution in [0.1, 0.15) is 37.0 Å². The van der Waals surface area contributed by atoms with Crippen molar-refractivity contribution in [2.75, 3.05) is 20.2 Å². The zero-order valence-corrected chi connectivity index (χ0v) is 12.8. The number of carbonyl (C=O) groups is 2. The van der Waals surface area contributed by atoms with Gasteiger partial charge in [0.1, 0.15) is 5.75 Å². The maximum Gasteiger partial charge on any atom is 0.305 e. The molecular weight excluding hydrogens is 270 g/mol. The molecule has 0 unspecified atom stereocenters. The van der Waals surface area contributed by atoms with Crippen molar-refractivity contribution in [1.82, 2.24) is 4.90 Å². The molecule has 0 atom stereocenters. The first-order valence-corrected chi connectivity index (χ1v) is 7.10. The highest BCUT2D eigenvalue weighted by Crippen LogP contribution is 2.14. The second kappa shape index (κ2) is 8.29. The molecule has 0 fully saturated rings. The lowest BCUT2D eigenvalue weighted by atomic mass is 10.1. The van der Waals surface area contributed by atoms with Gasteiger partial charge in [-0.15, -0.1) is 0 Å². The third-order valence-electron chi connectivity index (χ3n) is 3.07. The van der Waals surface area contributed by atoms with Crippen LogP contribution >= 0.6 is 0 Å². The van der Waals surface area contributed by atoms with Crippen LogP contribution < -0.4 is 4.74 Å². The summed E-state index contributed by atoms with van der Waals surface area (Å²) in [6.07, 6.45) is 0.928. The van der Waals surface area contributed by atoms with Gasteiger partial charge < -0.3 is 14.7 Å². The van der Waals surface area contributed by atoms with Crippen LogP contribution in [0.3, 0.4) is 0 Å². The van der Waals surface area contributed by atoms with Gasteiger partial charge in [-0.1, -0.05) is 13.8 Å². The Labute approximate surface area is 125 Å². The summed E-state index contributed by atoms with van der Waals surface area (Å²) in [6, 6.07) is 6.92. The maximum atomic E-state index is 12.1. The minimum atomic E-state index is -0.913. The molecule has 1 amide bonds. The predicted molar refractivity (Wildman–Crippen MR) is 80.6 cm³/mol. The Balaban J connectivity index is 2.52. The molecule has 0 aliphatic heterocycles. The average Bonchev–Trinajstić information content (AvgIpc) is 2.44. The highest BCUT2D eigenvalue weighted by molar-refractivity contribution is 5.94. The Kier molecular flexibility index (Phi) is 6.72. The van der Waals surface area contributed by atoms with Crippen LogP contribution in [0.5, 0.6) is 5.75 Å². The molecule has 5 nitrogen and oxygen atoms in total. The van der Waals surface area contributed by atoms with E-state index in [1.54, 1.807) is 31.3 Å². The molecule has 1 N–H and O–H groups in total. The lowest BCUT2D eigenvalue weighted by Gasteiger charge is -2.16. The van der Waals surface area contributed by atoms with E-state index in [0.29, 0.717) is 18.1 Å². The van der Waals surface area contributed by atoms with Gasteiger partial charge in [-0.2, -0.15) is 0 Å². The number of carboxylic acids is 1. The summed E-state index contributed by atoms with van der Waals surface area (Å²) in [5, 5.41) is 8.62. The zero-order valence-electron chi connectivity index (χ0n) is 12.8. The van der Waals surface area contributed by atoms with Crippen molar-refractivity contribution < 1.29 is 19.4 Å². The first-order chi connectivity index (χ1) is 9.90. The first-order valence-electron chi connectivity index (χ1n) is 7.10. The van der Waals surface area contributed by atoms with E-state index in [4.69, 9.17) is 9.84 Å². The quantitative estimate of drug-likeness (QED) is 0.800. The molecule has 0 spiro atoms. The summed E-state index contributed by atoms with van der Waals surface area (Å²) in [5.74, 6) is 0.225. The lowest BCUT2D eigenvalue weighted by molar-refractivity contribution is -0.137. The number of nitrogens with zero attached hydrogens (tertiary/aromatic N) is 1. The van der Waals surface area contributed by atoms with Gasteiger partial charge in [-0.3, -0.25) is 9.59 Å². The zero-order chi connectivity index (χ0) is 15.8. The fraction of sp³-hybridized carbons (Fsp3) is 0.500. The van der Waals surface area contributed by atoms with Crippen LogP contribution in [0.15, 0.2) is 24.3 Å². The standard InChI is InChI=1S/C16H23NO4/c1-12(2)9-11-21-14-6-4-13(5-7-14)16(20)17(3)10-8-15(18)19/h4-7,12H,8-11H2,1-3H3,(H,18,19). The summed E-state index contributed by atoms with van der Waals surface area (Å²) < 4.78 is 5.59. The maximum absolute atomic E-state index is 12.1. The Hall–Kier alpha value is -2.04. The van der Waals surface area contributed by atoms with Crippen LogP contribution in [0, 0.1) is 5.92 Å². The Morgan fingerprint density at radius 3 is 2.38 bits per heavy atom. The van der Waals surface area contributed by atoms with Gasteiger partial charge in [0, 0.05) is 19.2 Å². The first kappa shape index (κ1) is 17.0. The van der Waals surface area contributed by atoms with Crippen LogP contribution in [-0.4, -0.2) is 42.1 Å². The molecule has 1 rings (SSSR count).